The molecule has 1 rings (SSSR count). The summed E-state index contributed by atoms with van der Waals surface area (Å²) < 4.78 is 0.679. The molecule has 0 radical (unpaired) electrons. The molecule has 0 aliphatic carbocycles. The number of benzene rings is 1. The van der Waals surface area contributed by atoms with Gasteiger partial charge >= 0.3 is 0 Å². The minimum atomic E-state index is 0.0220. The lowest BCUT2D eigenvalue weighted by Gasteiger charge is -2.05. The summed E-state index contributed by atoms with van der Waals surface area (Å²) in [6, 6.07) is 3.61. The maximum Gasteiger partial charge on any atom is 0.174 e. The highest BCUT2D eigenvalue weighted by atomic mass is 79.9. The number of carbonyl (C=O) groups is 1. The Labute approximate surface area is 98.7 Å². The Morgan fingerprint density at radius 2 is 2.15 bits per heavy atom. The molecule has 0 aliphatic heterocycles. The van der Waals surface area contributed by atoms with E-state index in [9.17, 15) is 4.79 Å². The highest BCUT2D eigenvalue weighted by molar-refractivity contribution is 9.10. The quantitative estimate of drug-likeness (QED) is 0.593. The summed E-state index contributed by atoms with van der Waals surface area (Å²) >= 11 is 12.4. The SMILES string of the molecule is Cc1ccc(C(=O)CBr)c(Br)c1Cl. The molecule has 0 amide bonds. The average Bonchev–Trinajstić information content (AvgIpc) is 2.13. The lowest BCUT2D eigenvalue weighted by Crippen LogP contribution is -2.01. The minimum Gasteiger partial charge on any atom is -0.293 e. The van der Waals surface area contributed by atoms with Gasteiger partial charge in [0.2, 0.25) is 0 Å². The van der Waals surface area contributed by atoms with Crippen molar-refractivity contribution in [2.24, 2.45) is 0 Å². The van der Waals surface area contributed by atoms with Gasteiger partial charge in [-0.05, 0) is 34.5 Å². The van der Waals surface area contributed by atoms with E-state index in [-0.39, 0.29) is 5.78 Å². The maximum atomic E-state index is 11.4. The van der Waals surface area contributed by atoms with E-state index in [2.05, 4.69) is 31.9 Å². The van der Waals surface area contributed by atoms with Gasteiger partial charge in [-0.3, -0.25) is 4.79 Å². The number of ketones is 1. The molecule has 0 atom stereocenters. The molecule has 0 aliphatic rings. The Kier molecular flexibility index (Phi) is 3.95. The van der Waals surface area contributed by atoms with Crippen molar-refractivity contribution in [3.8, 4) is 0 Å². The van der Waals surface area contributed by atoms with Crippen LogP contribution in [0.15, 0.2) is 16.6 Å². The zero-order valence-corrected chi connectivity index (χ0v) is 10.8. The molecule has 70 valence electrons. The third-order valence-corrected chi connectivity index (χ3v) is 3.75. The van der Waals surface area contributed by atoms with E-state index in [0.29, 0.717) is 20.4 Å². The fourth-order valence-corrected chi connectivity index (χ4v) is 2.07. The number of Topliss-reactive ketones (excluding diaryl/α,β-unsaturated/α-hetero) is 1. The zero-order chi connectivity index (χ0) is 10.0. The molecule has 0 unspecified atom stereocenters. The van der Waals surface area contributed by atoms with Gasteiger partial charge in [0, 0.05) is 10.0 Å². The Morgan fingerprint density at radius 3 is 2.69 bits per heavy atom. The van der Waals surface area contributed by atoms with Crippen LogP contribution in [0.4, 0.5) is 0 Å². The van der Waals surface area contributed by atoms with E-state index in [1.165, 1.54) is 0 Å². The molecule has 0 saturated carbocycles. The number of alkyl halides is 1. The van der Waals surface area contributed by atoms with Crippen molar-refractivity contribution in [2.45, 2.75) is 6.92 Å². The van der Waals surface area contributed by atoms with Crippen molar-refractivity contribution < 1.29 is 4.79 Å². The fraction of sp³-hybridized carbons (Fsp3) is 0.222. The van der Waals surface area contributed by atoms with Gasteiger partial charge in [-0.1, -0.05) is 33.6 Å². The minimum absolute atomic E-state index is 0.0220. The van der Waals surface area contributed by atoms with Gasteiger partial charge in [-0.2, -0.15) is 0 Å². The lowest BCUT2D eigenvalue weighted by molar-refractivity contribution is 0.102. The van der Waals surface area contributed by atoms with Gasteiger partial charge in [0.05, 0.1) is 10.4 Å². The first kappa shape index (κ1) is 11.2. The molecule has 0 bridgehead atoms. The van der Waals surface area contributed by atoms with Crippen molar-refractivity contribution in [1.82, 2.24) is 0 Å². The standard InChI is InChI=1S/C9H7Br2ClO/c1-5-2-3-6(7(13)4-10)8(11)9(5)12/h2-3H,4H2,1H3. The molecule has 13 heavy (non-hydrogen) atoms. The van der Waals surface area contributed by atoms with Gasteiger partial charge in [0.25, 0.3) is 0 Å². The van der Waals surface area contributed by atoms with Gasteiger partial charge in [-0.15, -0.1) is 0 Å². The summed E-state index contributed by atoms with van der Waals surface area (Å²) in [5.41, 5.74) is 1.58. The van der Waals surface area contributed by atoms with Gasteiger partial charge in [-0.25, -0.2) is 0 Å². The monoisotopic (exact) mass is 324 g/mol. The predicted molar refractivity (Wildman–Crippen MR) is 62.0 cm³/mol. The van der Waals surface area contributed by atoms with Crippen LogP contribution in [0.2, 0.25) is 5.02 Å². The van der Waals surface area contributed by atoms with Crippen LogP contribution < -0.4 is 0 Å². The summed E-state index contributed by atoms with van der Waals surface area (Å²) in [4.78, 5) is 11.4. The van der Waals surface area contributed by atoms with E-state index in [0.717, 1.165) is 5.56 Å². The van der Waals surface area contributed by atoms with Crippen molar-refractivity contribution in [1.29, 1.82) is 0 Å². The molecule has 0 heterocycles. The van der Waals surface area contributed by atoms with E-state index in [4.69, 9.17) is 11.6 Å². The van der Waals surface area contributed by atoms with Crippen molar-refractivity contribution in [3.63, 3.8) is 0 Å². The first-order chi connectivity index (χ1) is 6.07. The van der Waals surface area contributed by atoms with Gasteiger partial charge in [0.15, 0.2) is 5.78 Å². The van der Waals surface area contributed by atoms with Crippen molar-refractivity contribution >= 4 is 49.2 Å². The molecule has 0 spiro atoms. The van der Waals surface area contributed by atoms with E-state index in [1.807, 2.05) is 13.0 Å². The van der Waals surface area contributed by atoms with E-state index < -0.39 is 0 Å². The molecule has 0 N–H and O–H groups in total. The molecule has 1 aromatic carbocycles. The van der Waals surface area contributed by atoms with Crippen molar-refractivity contribution in [3.05, 3.63) is 32.8 Å². The van der Waals surface area contributed by atoms with Crippen LogP contribution in [0, 0.1) is 6.92 Å². The van der Waals surface area contributed by atoms with Gasteiger partial charge in [0.1, 0.15) is 0 Å². The predicted octanol–water partition coefficient (Wildman–Crippen LogP) is 3.99. The second kappa shape index (κ2) is 4.58. The number of hydrogen-bond acceptors (Lipinski definition) is 1. The van der Waals surface area contributed by atoms with Crippen LogP contribution in [0.25, 0.3) is 0 Å². The number of carbonyl (C=O) groups excluding carboxylic acids is 1. The van der Waals surface area contributed by atoms with E-state index >= 15 is 0 Å². The Balaban J connectivity index is 3.26. The highest BCUT2D eigenvalue weighted by Gasteiger charge is 2.12. The van der Waals surface area contributed by atoms with Crippen LogP contribution in [0.1, 0.15) is 15.9 Å². The molecule has 0 aromatic heterocycles. The Bertz CT molecular complexity index is 350. The van der Waals surface area contributed by atoms with Gasteiger partial charge < -0.3 is 0 Å². The van der Waals surface area contributed by atoms with Crippen LogP contribution >= 0.6 is 43.5 Å². The van der Waals surface area contributed by atoms with Crippen molar-refractivity contribution in [2.75, 3.05) is 5.33 Å². The molecule has 0 fully saturated rings. The summed E-state index contributed by atoms with van der Waals surface area (Å²) in [6.45, 7) is 1.90. The topological polar surface area (TPSA) is 17.1 Å². The number of rotatable bonds is 2. The normalized spacial score (nSPS) is 10.2. The first-order valence-corrected chi connectivity index (χ1v) is 5.91. The molecule has 1 aromatic rings. The summed E-state index contributed by atoms with van der Waals surface area (Å²) in [5, 5.41) is 0.914. The Morgan fingerprint density at radius 1 is 1.54 bits per heavy atom. The van der Waals surface area contributed by atoms with Crippen LogP contribution in [0.3, 0.4) is 0 Å². The first-order valence-electron chi connectivity index (χ1n) is 3.61. The van der Waals surface area contributed by atoms with Crippen LogP contribution in [-0.2, 0) is 0 Å². The average molecular weight is 326 g/mol. The fourth-order valence-electron chi connectivity index (χ4n) is 0.933. The molecule has 1 nitrogen and oxygen atoms in total. The summed E-state index contributed by atoms with van der Waals surface area (Å²) in [6.07, 6.45) is 0. The smallest absolute Gasteiger partial charge is 0.174 e. The number of hydrogen-bond donors (Lipinski definition) is 0. The van der Waals surface area contributed by atoms with Crippen LogP contribution in [0.5, 0.6) is 0 Å². The Hall–Kier alpha value is 0.140. The number of halogens is 3. The molecular formula is C9H7Br2ClO. The lowest BCUT2D eigenvalue weighted by atomic mass is 10.1. The largest absolute Gasteiger partial charge is 0.293 e. The zero-order valence-electron chi connectivity index (χ0n) is 6.90. The highest BCUT2D eigenvalue weighted by Crippen LogP contribution is 2.29. The summed E-state index contributed by atoms with van der Waals surface area (Å²) in [7, 11) is 0. The summed E-state index contributed by atoms with van der Waals surface area (Å²) in [5.74, 6) is 0.0220. The third-order valence-electron chi connectivity index (χ3n) is 1.70. The number of aryl methyl sites for hydroxylation is 1. The molecule has 4 heteroatoms. The molecular weight excluding hydrogens is 319 g/mol. The maximum absolute atomic E-state index is 11.4. The molecule has 0 saturated heterocycles. The van der Waals surface area contributed by atoms with Crippen LogP contribution in [-0.4, -0.2) is 11.1 Å². The second-order valence-corrected chi connectivity index (χ2v) is 4.35. The third kappa shape index (κ3) is 2.33. The second-order valence-electron chi connectivity index (χ2n) is 2.61. The van der Waals surface area contributed by atoms with E-state index in [1.54, 1.807) is 6.07 Å².